The Morgan fingerprint density at radius 3 is 2.95 bits per heavy atom. The maximum absolute atomic E-state index is 10.7. The molecular weight excluding hydrogens is 258 g/mol. The number of nitrogens with one attached hydrogen (secondary N) is 2. The second-order valence-electron chi connectivity index (χ2n) is 4.05. The van der Waals surface area contributed by atoms with Gasteiger partial charge in [-0.15, -0.1) is 0 Å². The fourth-order valence-electron chi connectivity index (χ4n) is 1.89. The molecule has 4 nitrogen and oxygen atoms in total. The van der Waals surface area contributed by atoms with Crippen LogP contribution in [0.4, 0.5) is 10.8 Å². The van der Waals surface area contributed by atoms with E-state index in [0.29, 0.717) is 6.42 Å². The van der Waals surface area contributed by atoms with Gasteiger partial charge in [-0.3, -0.25) is 0 Å². The number of nitrogens with zero attached hydrogens (tertiary/aromatic N) is 1. The molecule has 0 fully saturated rings. The predicted octanol–water partition coefficient (Wildman–Crippen LogP) is 3.03. The number of aromatic nitrogens is 1. The average Bonchev–Trinajstić information content (AvgIpc) is 2.88. The smallest absolute Gasteiger partial charge is 0.183 e. The van der Waals surface area contributed by atoms with E-state index in [-0.39, 0.29) is 0 Å². The van der Waals surface area contributed by atoms with Crippen molar-refractivity contribution in [1.29, 1.82) is 0 Å². The lowest BCUT2D eigenvalue weighted by atomic mass is 10.1. The van der Waals surface area contributed by atoms with E-state index in [4.69, 9.17) is 0 Å². The normalized spacial score (nSPS) is 10.2. The van der Waals surface area contributed by atoms with E-state index in [1.807, 2.05) is 38.4 Å². The fourth-order valence-corrected chi connectivity index (χ4v) is 2.77. The highest BCUT2D eigenvalue weighted by Crippen LogP contribution is 2.31. The largest absolute Gasteiger partial charge is 0.388 e. The minimum absolute atomic E-state index is 0.420. The molecule has 0 aliphatic carbocycles. The van der Waals surface area contributed by atoms with Crippen LogP contribution < -0.4 is 10.6 Å². The Bertz CT molecular complexity index is 566. The van der Waals surface area contributed by atoms with E-state index in [1.54, 1.807) is 11.3 Å². The van der Waals surface area contributed by atoms with Gasteiger partial charge < -0.3 is 15.4 Å². The summed E-state index contributed by atoms with van der Waals surface area (Å²) in [5, 5.41) is 7.22. The van der Waals surface area contributed by atoms with E-state index in [0.717, 1.165) is 39.7 Å². The van der Waals surface area contributed by atoms with Gasteiger partial charge in [0.15, 0.2) is 5.13 Å². The lowest BCUT2D eigenvalue weighted by Gasteiger charge is -2.08. The van der Waals surface area contributed by atoms with Crippen molar-refractivity contribution in [3.63, 3.8) is 0 Å². The molecule has 0 aliphatic heterocycles. The maximum Gasteiger partial charge on any atom is 0.183 e. The molecule has 0 unspecified atom stereocenters. The second kappa shape index (κ2) is 6.33. The van der Waals surface area contributed by atoms with E-state index < -0.39 is 0 Å². The van der Waals surface area contributed by atoms with Crippen molar-refractivity contribution in [2.75, 3.05) is 24.2 Å². The Kier molecular flexibility index (Phi) is 4.52. The summed E-state index contributed by atoms with van der Waals surface area (Å²) in [4.78, 5) is 16.2. The molecule has 0 radical (unpaired) electrons. The van der Waals surface area contributed by atoms with Crippen LogP contribution in [0.15, 0.2) is 24.4 Å². The molecule has 0 aliphatic rings. The van der Waals surface area contributed by atoms with E-state index >= 15 is 0 Å². The molecule has 2 aromatic rings. The van der Waals surface area contributed by atoms with Crippen molar-refractivity contribution < 1.29 is 4.79 Å². The molecule has 0 atom stereocenters. The summed E-state index contributed by atoms with van der Waals surface area (Å²) in [6.45, 7) is 2.91. The zero-order valence-electron chi connectivity index (χ0n) is 11.1. The van der Waals surface area contributed by atoms with Crippen LogP contribution in [0, 0.1) is 0 Å². The van der Waals surface area contributed by atoms with Crippen molar-refractivity contribution in [3.05, 3.63) is 30.0 Å². The zero-order chi connectivity index (χ0) is 13.7. The Morgan fingerprint density at radius 2 is 2.26 bits per heavy atom. The first-order valence-corrected chi connectivity index (χ1v) is 7.04. The van der Waals surface area contributed by atoms with Gasteiger partial charge in [-0.25, -0.2) is 4.98 Å². The number of thiazole rings is 1. The fraction of sp³-hybridized carbons (Fsp3) is 0.286. The van der Waals surface area contributed by atoms with Crippen molar-refractivity contribution in [2.45, 2.75) is 13.3 Å². The van der Waals surface area contributed by atoms with Gasteiger partial charge in [-0.1, -0.05) is 17.4 Å². The van der Waals surface area contributed by atoms with Crippen LogP contribution in [0.5, 0.6) is 0 Å². The Balaban J connectivity index is 2.32. The highest BCUT2D eigenvalue weighted by Gasteiger charge is 2.07. The third-order valence-corrected chi connectivity index (χ3v) is 3.80. The van der Waals surface area contributed by atoms with Gasteiger partial charge in [0.25, 0.3) is 0 Å². The molecule has 1 heterocycles. The number of hydrogen-bond donors (Lipinski definition) is 2. The summed E-state index contributed by atoms with van der Waals surface area (Å²) in [5.41, 5.74) is 3.10. The minimum Gasteiger partial charge on any atom is -0.388 e. The van der Waals surface area contributed by atoms with Gasteiger partial charge in [-0.2, -0.15) is 0 Å². The maximum atomic E-state index is 10.7. The SMILES string of the molecule is CCNc1ncc(-c2ccc(NC)c(CC=O)c2)s1. The molecule has 5 heteroatoms. The van der Waals surface area contributed by atoms with Crippen LogP contribution in [0.25, 0.3) is 10.4 Å². The number of aldehydes is 1. The Labute approximate surface area is 116 Å². The van der Waals surface area contributed by atoms with Gasteiger partial charge >= 0.3 is 0 Å². The van der Waals surface area contributed by atoms with E-state index in [9.17, 15) is 4.79 Å². The summed E-state index contributed by atoms with van der Waals surface area (Å²) in [5.74, 6) is 0. The summed E-state index contributed by atoms with van der Waals surface area (Å²) in [6.07, 6.45) is 3.21. The van der Waals surface area contributed by atoms with Crippen LogP contribution in [0.2, 0.25) is 0 Å². The van der Waals surface area contributed by atoms with Crippen LogP contribution >= 0.6 is 11.3 Å². The highest BCUT2D eigenvalue weighted by atomic mass is 32.1. The molecule has 100 valence electrons. The second-order valence-corrected chi connectivity index (χ2v) is 5.08. The molecule has 0 amide bonds. The molecule has 2 N–H and O–H groups in total. The average molecular weight is 275 g/mol. The first-order valence-electron chi connectivity index (χ1n) is 6.22. The summed E-state index contributed by atoms with van der Waals surface area (Å²) < 4.78 is 0. The van der Waals surface area contributed by atoms with Crippen molar-refractivity contribution >= 4 is 28.4 Å². The lowest BCUT2D eigenvalue weighted by molar-refractivity contribution is -0.107. The minimum atomic E-state index is 0.420. The van der Waals surface area contributed by atoms with Gasteiger partial charge in [0.1, 0.15) is 6.29 Å². The third kappa shape index (κ3) is 3.12. The molecule has 0 spiro atoms. The lowest BCUT2D eigenvalue weighted by Crippen LogP contribution is -1.96. The van der Waals surface area contributed by atoms with Gasteiger partial charge in [0.05, 0.1) is 4.88 Å². The zero-order valence-corrected chi connectivity index (χ0v) is 11.9. The molecule has 1 aromatic carbocycles. The van der Waals surface area contributed by atoms with Crippen LogP contribution in [-0.4, -0.2) is 24.9 Å². The van der Waals surface area contributed by atoms with Gasteiger partial charge in [-0.05, 0) is 30.2 Å². The number of hydrogen-bond acceptors (Lipinski definition) is 5. The van der Waals surface area contributed by atoms with Crippen LogP contribution in [0.3, 0.4) is 0 Å². The third-order valence-electron chi connectivity index (χ3n) is 2.80. The number of benzene rings is 1. The van der Waals surface area contributed by atoms with Crippen molar-refractivity contribution in [3.8, 4) is 10.4 Å². The van der Waals surface area contributed by atoms with E-state index in [1.165, 1.54) is 0 Å². The standard InChI is InChI=1S/C14H17N3OS/c1-3-16-14-17-9-13(19-14)11-4-5-12(15-2)10(8-11)6-7-18/h4-5,7-9,15H,3,6H2,1-2H3,(H,16,17). The topological polar surface area (TPSA) is 54.0 Å². The number of carbonyl (C=O) groups excluding carboxylic acids is 1. The van der Waals surface area contributed by atoms with E-state index in [2.05, 4.69) is 15.6 Å². The Hall–Kier alpha value is -1.88. The highest BCUT2D eigenvalue weighted by molar-refractivity contribution is 7.18. The molecule has 1 aromatic heterocycles. The molecule has 0 bridgehead atoms. The van der Waals surface area contributed by atoms with Crippen LogP contribution in [0.1, 0.15) is 12.5 Å². The molecule has 0 saturated carbocycles. The number of anilines is 2. The van der Waals surface area contributed by atoms with Crippen molar-refractivity contribution in [2.24, 2.45) is 0 Å². The first kappa shape index (κ1) is 13.5. The van der Waals surface area contributed by atoms with Crippen molar-refractivity contribution in [1.82, 2.24) is 4.98 Å². The van der Waals surface area contributed by atoms with Gasteiger partial charge in [0, 0.05) is 31.9 Å². The Morgan fingerprint density at radius 1 is 1.42 bits per heavy atom. The number of rotatable bonds is 6. The molecule has 2 rings (SSSR count). The first-order chi connectivity index (χ1) is 9.28. The molecule has 19 heavy (non-hydrogen) atoms. The predicted molar refractivity (Wildman–Crippen MR) is 81.0 cm³/mol. The quantitative estimate of drug-likeness (QED) is 0.796. The number of carbonyl (C=O) groups is 1. The monoisotopic (exact) mass is 275 g/mol. The van der Waals surface area contributed by atoms with Gasteiger partial charge in [0.2, 0.25) is 0 Å². The molecule has 0 saturated heterocycles. The summed E-state index contributed by atoms with van der Waals surface area (Å²) >= 11 is 1.62. The summed E-state index contributed by atoms with van der Waals surface area (Å²) in [6, 6.07) is 6.09. The summed E-state index contributed by atoms with van der Waals surface area (Å²) in [7, 11) is 1.86. The van der Waals surface area contributed by atoms with Crippen LogP contribution in [-0.2, 0) is 11.2 Å². The molecular formula is C14H17N3OS.